The molecule has 0 radical (unpaired) electrons. The van der Waals surface area contributed by atoms with E-state index in [-0.39, 0.29) is 11.0 Å². The van der Waals surface area contributed by atoms with Crippen LogP contribution in [0.15, 0.2) is 11.6 Å². The molecule has 16 N–H and O–H groups in total. The first-order valence-electron chi connectivity index (χ1n) is 14.1. The average molecular weight is 664 g/mol. The van der Waals surface area contributed by atoms with Crippen molar-refractivity contribution in [3.05, 3.63) is 11.6 Å². The van der Waals surface area contributed by atoms with E-state index < -0.39 is 136 Å². The fraction of sp³-hybridized carbons (Fsp3) is 0.920. The Hall–Kier alpha value is -1.06. The monoisotopic (exact) mass is 663 g/mol. The number of aliphatic hydroxyl groups is 13. The number of hydrogen-bond acceptors (Lipinski definition) is 19. The molecule has 20 nitrogen and oxygen atoms in total. The van der Waals surface area contributed by atoms with Gasteiger partial charge in [-0.25, -0.2) is 0 Å². The topological polar surface area (TPSA) is 353 Å². The summed E-state index contributed by atoms with van der Waals surface area (Å²) in [5, 5.41) is 136. The van der Waals surface area contributed by atoms with Crippen LogP contribution in [0.4, 0.5) is 0 Å². The smallest absolute Gasteiger partial charge is 0.187 e. The summed E-state index contributed by atoms with van der Waals surface area (Å²) in [4.78, 5) is 0. The Morgan fingerprint density at radius 3 is 1.71 bits per heavy atom. The number of aliphatic hydroxyl groups excluding tert-OH is 13. The summed E-state index contributed by atoms with van der Waals surface area (Å²) in [7, 11) is 0. The molecule has 3 fully saturated rings. The highest BCUT2D eigenvalue weighted by molar-refractivity contribution is 5.22. The fourth-order valence-electron chi connectivity index (χ4n) is 5.81. The zero-order chi connectivity index (χ0) is 32.6. The molecule has 0 aromatic heterocycles. The van der Waals surface area contributed by atoms with Crippen molar-refractivity contribution in [2.75, 3.05) is 19.8 Å². The highest BCUT2D eigenvalue weighted by atomic mass is 16.7. The molecule has 0 spiro atoms. The van der Waals surface area contributed by atoms with Gasteiger partial charge in [-0.05, 0) is 12.5 Å². The molecule has 264 valence electrons. The van der Waals surface area contributed by atoms with E-state index in [1.165, 1.54) is 13.0 Å². The lowest BCUT2D eigenvalue weighted by molar-refractivity contribution is -0.373. The first-order chi connectivity index (χ1) is 20.7. The molecule has 0 aromatic carbocycles. The van der Waals surface area contributed by atoms with E-state index in [4.69, 9.17) is 23.7 Å². The molecule has 1 unspecified atom stereocenters. The number of ether oxygens (including phenoxy) is 5. The Balaban J connectivity index is 0.00000552. The third kappa shape index (κ3) is 7.66. The van der Waals surface area contributed by atoms with Crippen molar-refractivity contribution in [1.29, 1.82) is 0 Å². The zero-order valence-corrected chi connectivity index (χ0v) is 24.0. The van der Waals surface area contributed by atoms with Gasteiger partial charge in [0, 0.05) is 0 Å². The molecule has 4 aliphatic rings. The first kappa shape index (κ1) is 38.4. The van der Waals surface area contributed by atoms with E-state index in [1.54, 1.807) is 0 Å². The van der Waals surface area contributed by atoms with Gasteiger partial charge in [0.25, 0.3) is 0 Å². The van der Waals surface area contributed by atoms with Crippen molar-refractivity contribution >= 4 is 0 Å². The minimum atomic E-state index is -1.93. The van der Waals surface area contributed by atoms with Crippen LogP contribution in [-0.4, -0.2) is 208 Å². The summed E-state index contributed by atoms with van der Waals surface area (Å²) in [5.41, 5.74) is 0.0225. The van der Waals surface area contributed by atoms with E-state index in [0.717, 1.165) is 0 Å². The van der Waals surface area contributed by atoms with Gasteiger partial charge in [-0.15, -0.1) is 0 Å². The van der Waals surface area contributed by atoms with Gasteiger partial charge in [0.15, 0.2) is 18.9 Å². The lowest BCUT2D eigenvalue weighted by Gasteiger charge is -2.48. The molecule has 4 rings (SSSR count). The highest BCUT2D eigenvalue weighted by Gasteiger charge is 2.53. The predicted molar refractivity (Wildman–Crippen MR) is 141 cm³/mol. The van der Waals surface area contributed by atoms with Crippen LogP contribution >= 0.6 is 0 Å². The van der Waals surface area contributed by atoms with Crippen LogP contribution in [0.25, 0.3) is 0 Å². The van der Waals surface area contributed by atoms with E-state index in [9.17, 15) is 66.4 Å². The molecular formula is C25H45NO19. The third-order valence-electron chi connectivity index (χ3n) is 8.48. The Bertz CT molecular complexity index is 959. The number of rotatable bonds is 9. The SMILES string of the molecule is C[C@H]1O[C@H](O[C@H]2[C@H](O)[C@@H](O)[C@@H](O[C@H]3[C@H](O)[C@@H](O)C(O)O[C@@H]3CO)O[C@@H]2CO)[C@H](O)[C@@H](O)[C@@H]1N[C@H]1C=C(CO)[C@@H](O)[C@H](O)[C@H]1O.O. The third-order valence-corrected chi connectivity index (χ3v) is 8.48. The lowest BCUT2D eigenvalue weighted by Crippen LogP contribution is -2.68. The maximum Gasteiger partial charge on any atom is 0.187 e. The molecule has 19 atom stereocenters. The predicted octanol–water partition coefficient (Wildman–Crippen LogP) is -9.39. The van der Waals surface area contributed by atoms with E-state index in [2.05, 4.69) is 5.32 Å². The summed E-state index contributed by atoms with van der Waals surface area (Å²) in [6.45, 7) is -0.753. The van der Waals surface area contributed by atoms with Crippen LogP contribution in [0, 0.1) is 0 Å². The van der Waals surface area contributed by atoms with Crippen molar-refractivity contribution < 1.29 is 95.5 Å². The fourth-order valence-corrected chi connectivity index (χ4v) is 5.81. The van der Waals surface area contributed by atoms with E-state index in [1.807, 2.05) is 0 Å². The molecular weight excluding hydrogens is 618 g/mol. The van der Waals surface area contributed by atoms with Crippen molar-refractivity contribution in [1.82, 2.24) is 5.32 Å². The normalized spacial score (nSPS) is 50.9. The van der Waals surface area contributed by atoms with Crippen LogP contribution in [-0.2, 0) is 23.7 Å². The van der Waals surface area contributed by atoms with Gasteiger partial charge in [0.05, 0.1) is 38.0 Å². The maximum atomic E-state index is 10.9. The van der Waals surface area contributed by atoms with Gasteiger partial charge in [-0.3, -0.25) is 0 Å². The van der Waals surface area contributed by atoms with Crippen LogP contribution in [0.5, 0.6) is 0 Å². The summed E-state index contributed by atoms with van der Waals surface area (Å²) >= 11 is 0. The van der Waals surface area contributed by atoms with Crippen LogP contribution in [0.1, 0.15) is 6.92 Å². The van der Waals surface area contributed by atoms with E-state index >= 15 is 0 Å². The second kappa shape index (κ2) is 15.9. The van der Waals surface area contributed by atoms with Gasteiger partial charge in [-0.2, -0.15) is 0 Å². The van der Waals surface area contributed by atoms with Gasteiger partial charge in [-0.1, -0.05) is 6.08 Å². The summed E-state index contributed by atoms with van der Waals surface area (Å²) < 4.78 is 27.4. The highest BCUT2D eigenvalue weighted by Crippen LogP contribution is 2.32. The molecule has 0 saturated carbocycles. The van der Waals surface area contributed by atoms with E-state index in [0.29, 0.717) is 0 Å². The second-order valence-corrected chi connectivity index (χ2v) is 11.4. The summed E-state index contributed by atoms with van der Waals surface area (Å²) in [6, 6.07) is -2.17. The lowest BCUT2D eigenvalue weighted by atomic mass is 9.86. The Morgan fingerprint density at radius 2 is 1.16 bits per heavy atom. The van der Waals surface area contributed by atoms with Crippen LogP contribution in [0.2, 0.25) is 0 Å². The molecule has 0 amide bonds. The molecule has 0 bridgehead atoms. The maximum absolute atomic E-state index is 10.9. The minimum Gasteiger partial charge on any atom is -0.412 e. The van der Waals surface area contributed by atoms with Gasteiger partial charge in [0.2, 0.25) is 0 Å². The second-order valence-electron chi connectivity index (χ2n) is 11.4. The van der Waals surface area contributed by atoms with Crippen LogP contribution < -0.4 is 5.32 Å². The molecule has 0 aromatic rings. The average Bonchev–Trinajstić information content (AvgIpc) is 3.00. The largest absolute Gasteiger partial charge is 0.412 e. The molecule has 45 heavy (non-hydrogen) atoms. The van der Waals surface area contributed by atoms with Gasteiger partial charge >= 0.3 is 0 Å². The number of hydrogen-bond donors (Lipinski definition) is 14. The van der Waals surface area contributed by atoms with Crippen molar-refractivity contribution in [3.63, 3.8) is 0 Å². The van der Waals surface area contributed by atoms with Crippen molar-refractivity contribution in [3.8, 4) is 0 Å². The zero-order valence-electron chi connectivity index (χ0n) is 24.0. The molecule has 3 saturated heterocycles. The molecule has 3 heterocycles. The van der Waals surface area contributed by atoms with Gasteiger partial charge in [0.1, 0.15) is 79.4 Å². The minimum absolute atomic E-state index is 0. The molecule has 20 heteroatoms. The van der Waals surface area contributed by atoms with Crippen molar-refractivity contribution in [2.45, 2.75) is 123 Å². The molecule has 3 aliphatic heterocycles. The standard InChI is InChI=1S/C25H43NO18.H2O/c1-6-11(26-8-2-7(3-27)12(30)15(33)13(8)31)14(32)19(37)24(40-6)43-22-10(5-29)42-25(20(38)17(22)35)44-21-9(4-28)41-23(39)18(36)16(21)34;/h2,6,8-39H,3-5H2,1H3;1H2/t6-,8+,9-,10-,11-,12-,13+,14+,15+,16-,17-,18-,19-,20-,21-,22-,23?,24-,25-;/m1./s1. The summed E-state index contributed by atoms with van der Waals surface area (Å²) in [5.74, 6) is 0. The first-order valence-corrected chi connectivity index (χ1v) is 14.1. The molecule has 1 aliphatic carbocycles. The van der Waals surface area contributed by atoms with Gasteiger partial charge < -0.3 is 101 Å². The Labute approximate surface area is 256 Å². The Kier molecular flexibility index (Phi) is 13.6. The number of nitrogens with one attached hydrogen (secondary N) is 1. The summed E-state index contributed by atoms with van der Waals surface area (Å²) in [6.07, 6.45) is -26.6. The quantitative estimate of drug-likeness (QED) is 0.102. The van der Waals surface area contributed by atoms with Crippen LogP contribution in [0.3, 0.4) is 0 Å². The Morgan fingerprint density at radius 1 is 0.644 bits per heavy atom. The van der Waals surface area contributed by atoms with Crippen molar-refractivity contribution in [2.24, 2.45) is 0 Å².